The zero-order chi connectivity index (χ0) is 22.6. The van der Waals surface area contributed by atoms with E-state index in [9.17, 15) is 19.2 Å². The number of amides is 2. The molecular formula is C23H32N2O6. The first-order chi connectivity index (χ1) is 14.9. The van der Waals surface area contributed by atoms with Gasteiger partial charge in [-0.3, -0.25) is 14.4 Å². The van der Waals surface area contributed by atoms with Crippen LogP contribution in [0.5, 0.6) is 0 Å². The number of carbonyl (C=O) groups excluding carboxylic acids is 4. The van der Waals surface area contributed by atoms with E-state index in [4.69, 9.17) is 9.47 Å². The van der Waals surface area contributed by atoms with Crippen molar-refractivity contribution in [3.05, 3.63) is 35.9 Å². The molecule has 31 heavy (non-hydrogen) atoms. The lowest BCUT2D eigenvalue weighted by Gasteiger charge is -2.23. The molecule has 0 aliphatic carbocycles. The number of carbonyl (C=O) groups is 4. The minimum absolute atomic E-state index is 0.0902. The Bertz CT molecular complexity index is 750. The third kappa shape index (κ3) is 8.49. The Morgan fingerprint density at radius 2 is 1.87 bits per heavy atom. The van der Waals surface area contributed by atoms with Crippen molar-refractivity contribution < 1.29 is 28.7 Å². The largest absolute Gasteiger partial charge is 0.445 e. The zero-order valence-corrected chi connectivity index (χ0v) is 18.2. The predicted molar refractivity (Wildman–Crippen MR) is 114 cm³/mol. The maximum atomic E-state index is 12.9. The maximum Gasteiger partial charge on any atom is 0.408 e. The Labute approximate surface area is 183 Å². The molecule has 2 unspecified atom stereocenters. The summed E-state index contributed by atoms with van der Waals surface area (Å²) in [6.07, 6.45) is 0.772. The average Bonchev–Trinajstić information content (AvgIpc) is 2.79. The van der Waals surface area contributed by atoms with Crippen molar-refractivity contribution in [3.8, 4) is 0 Å². The minimum atomic E-state index is -0.812. The highest BCUT2D eigenvalue weighted by Gasteiger charge is 2.32. The Balaban J connectivity index is 1.97. The van der Waals surface area contributed by atoms with Gasteiger partial charge in [-0.05, 0) is 30.7 Å². The van der Waals surface area contributed by atoms with Gasteiger partial charge in [-0.1, -0.05) is 44.2 Å². The second-order valence-corrected chi connectivity index (χ2v) is 8.02. The zero-order valence-electron chi connectivity index (χ0n) is 18.2. The molecule has 2 amide bonds. The number of hydrogen-bond acceptors (Lipinski definition) is 6. The molecule has 1 fully saturated rings. The molecule has 0 radical (unpaired) electrons. The van der Waals surface area contributed by atoms with E-state index in [1.54, 1.807) is 13.8 Å². The first kappa shape index (κ1) is 24.5. The first-order valence-corrected chi connectivity index (χ1v) is 10.8. The van der Waals surface area contributed by atoms with E-state index < -0.39 is 29.7 Å². The molecule has 0 aromatic heterocycles. The molecule has 2 N–H and O–H groups in total. The number of nitrogens with one attached hydrogen (secondary N) is 2. The van der Waals surface area contributed by atoms with Crippen molar-refractivity contribution in [2.45, 2.75) is 52.2 Å². The lowest BCUT2D eigenvalue weighted by atomic mass is 9.87. The van der Waals surface area contributed by atoms with E-state index in [-0.39, 0.29) is 24.7 Å². The highest BCUT2D eigenvalue weighted by atomic mass is 16.5. The number of ether oxygens (including phenoxy) is 2. The highest BCUT2D eigenvalue weighted by molar-refractivity contribution is 6.37. The molecule has 1 aromatic carbocycles. The highest BCUT2D eigenvalue weighted by Crippen LogP contribution is 2.18. The smallest absolute Gasteiger partial charge is 0.408 e. The van der Waals surface area contributed by atoms with E-state index in [0.717, 1.165) is 5.56 Å². The van der Waals surface area contributed by atoms with Gasteiger partial charge in [-0.15, -0.1) is 0 Å². The van der Waals surface area contributed by atoms with Crippen molar-refractivity contribution in [2.75, 3.05) is 19.8 Å². The monoisotopic (exact) mass is 432 g/mol. The normalized spacial score (nSPS) is 19.1. The molecule has 1 heterocycles. The molecule has 2 atom stereocenters. The Morgan fingerprint density at radius 1 is 1.16 bits per heavy atom. The van der Waals surface area contributed by atoms with Gasteiger partial charge in [0.05, 0.1) is 6.04 Å². The van der Waals surface area contributed by atoms with Crippen LogP contribution >= 0.6 is 0 Å². The van der Waals surface area contributed by atoms with Crippen molar-refractivity contribution in [2.24, 2.45) is 11.8 Å². The molecule has 0 spiro atoms. The summed E-state index contributed by atoms with van der Waals surface area (Å²) in [5, 5.41) is 5.20. The van der Waals surface area contributed by atoms with E-state index in [0.29, 0.717) is 39.0 Å². The standard InChI is InChI=1S/C23H32N2O6/c1-16(2)20(25-23(29)31-15-17-8-4-3-5-9-17)19(26)14-18-10-6-12-30-13-7-11-24-22(28)21(18)27/h3-5,8-9,16,18,20H,6-7,10-15H2,1-2H3,(H,24,28)(H,25,29). The Hall–Kier alpha value is -2.74. The quantitative estimate of drug-likeness (QED) is 0.640. The van der Waals surface area contributed by atoms with Gasteiger partial charge in [0.25, 0.3) is 5.91 Å². The van der Waals surface area contributed by atoms with Gasteiger partial charge in [0.2, 0.25) is 5.78 Å². The summed E-state index contributed by atoms with van der Waals surface area (Å²) < 4.78 is 10.7. The summed E-state index contributed by atoms with van der Waals surface area (Å²) in [5.41, 5.74) is 0.835. The molecule has 170 valence electrons. The van der Waals surface area contributed by atoms with Crippen LogP contribution in [0, 0.1) is 11.8 Å². The van der Waals surface area contributed by atoms with E-state index in [1.807, 2.05) is 30.3 Å². The lowest BCUT2D eigenvalue weighted by molar-refractivity contribution is -0.141. The summed E-state index contributed by atoms with van der Waals surface area (Å²) in [5.74, 6) is -2.50. The summed E-state index contributed by atoms with van der Waals surface area (Å²) in [4.78, 5) is 49.9. The van der Waals surface area contributed by atoms with Crippen molar-refractivity contribution in [1.82, 2.24) is 10.6 Å². The first-order valence-electron chi connectivity index (χ1n) is 10.8. The topological polar surface area (TPSA) is 111 Å². The molecular weight excluding hydrogens is 400 g/mol. The van der Waals surface area contributed by atoms with Gasteiger partial charge >= 0.3 is 6.09 Å². The summed E-state index contributed by atoms with van der Waals surface area (Å²) >= 11 is 0. The molecule has 8 nitrogen and oxygen atoms in total. The number of alkyl carbamates (subject to hydrolysis) is 1. The predicted octanol–water partition coefficient (Wildman–Crippen LogP) is 2.40. The van der Waals surface area contributed by atoms with Gasteiger partial charge < -0.3 is 20.1 Å². The summed E-state index contributed by atoms with van der Waals surface area (Å²) in [6.45, 7) is 5.05. The van der Waals surface area contributed by atoms with Crippen LogP contribution in [0.15, 0.2) is 30.3 Å². The maximum absolute atomic E-state index is 12.9. The Morgan fingerprint density at radius 3 is 2.58 bits per heavy atom. The number of ketones is 2. The van der Waals surface area contributed by atoms with E-state index in [2.05, 4.69) is 10.6 Å². The second-order valence-electron chi connectivity index (χ2n) is 8.02. The van der Waals surface area contributed by atoms with Crippen LogP contribution in [0.3, 0.4) is 0 Å². The number of Topliss-reactive ketones (excluding diaryl/α,β-unsaturated/α-hetero) is 2. The van der Waals surface area contributed by atoms with E-state index in [1.165, 1.54) is 0 Å². The van der Waals surface area contributed by atoms with Crippen LogP contribution in [0.25, 0.3) is 0 Å². The van der Waals surface area contributed by atoms with Gasteiger partial charge in [0.15, 0.2) is 5.78 Å². The Kier molecular flexibility index (Phi) is 10.2. The molecule has 1 saturated heterocycles. The SMILES string of the molecule is CC(C)C(NC(=O)OCc1ccccc1)C(=O)CC1CCCOCCCNC(=O)C1=O. The summed E-state index contributed by atoms with van der Waals surface area (Å²) in [6, 6.07) is 8.41. The van der Waals surface area contributed by atoms with E-state index >= 15 is 0 Å². The van der Waals surface area contributed by atoms with Gasteiger partial charge in [0, 0.05) is 32.1 Å². The van der Waals surface area contributed by atoms with Crippen molar-refractivity contribution in [3.63, 3.8) is 0 Å². The minimum Gasteiger partial charge on any atom is -0.445 e. The fourth-order valence-electron chi connectivity index (χ4n) is 3.39. The molecule has 1 aliphatic rings. The molecule has 0 saturated carbocycles. The molecule has 1 aromatic rings. The molecule has 2 rings (SSSR count). The fraction of sp³-hybridized carbons (Fsp3) is 0.565. The van der Waals surface area contributed by atoms with Crippen LogP contribution < -0.4 is 10.6 Å². The van der Waals surface area contributed by atoms with Crippen LogP contribution in [-0.4, -0.2) is 49.4 Å². The van der Waals surface area contributed by atoms with Gasteiger partial charge in [-0.2, -0.15) is 0 Å². The van der Waals surface area contributed by atoms with Crippen molar-refractivity contribution in [1.29, 1.82) is 0 Å². The average molecular weight is 433 g/mol. The van der Waals surface area contributed by atoms with Crippen LogP contribution in [0.1, 0.15) is 45.1 Å². The van der Waals surface area contributed by atoms with Gasteiger partial charge in [-0.25, -0.2) is 4.79 Å². The van der Waals surface area contributed by atoms with Crippen molar-refractivity contribution >= 4 is 23.6 Å². The molecule has 1 aliphatic heterocycles. The third-order valence-electron chi connectivity index (χ3n) is 5.13. The summed E-state index contributed by atoms with van der Waals surface area (Å²) in [7, 11) is 0. The second kappa shape index (κ2) is 12.8. The number of rotatable bonds is 7. The van der Waals surface area contributed by atoms with Gasteiger partial charge in [0.1, 0.15) is 6.61 Å². The third-order valence-corrected chi connectivity index (χ3v) is 5.13. The van der Waals surface area contributed by atoms with Crippen LogP contribution in [0.4, 0.5) is 4.79 Å². The molecule has 8 heteroatoms. The number of hydrogen-bond donors (Lipinski definition) is 2. The lowest BCUT2D eigenvalue weighted by Crippen LogP contribution is -2.46. The fourth-order valence-corrected chi connectivity index (χ4v) is 3.39. The van der Waals surface area contributed by atoms with Crippen LogP contribution in [-0.2, 0) is 30.5 Å². The molecule has 0 bridgehead atoms. The van der Waals surface area contributed by atoms with Crippen LogP contribution in [0.2, 0.25) is 0 Å². The number of benzene rings is 1.